The summed E-state index contributed by atoms with van der Waals surface area (Å²) in [7, 11) is 1.53. The smallest absolute Gasteiger partial charge is 0.268 e. The second-order valence-electron chi connectivity index (χ2n) is 5.95. The zero-order valence-electron chi connectivity index (χ0n) is 14.7. The first-order valence-corrected chi connectivity index (χ1v) is 8.53. The average molecular weight is 375 g/mol. The number of methoxy groups -OCH3 is 1. The molecule has 0 fully saturated rings. The van der Waals surface area contributed by atoms with Crippen molar-refractivity contribution in [2.75, 3.05) is 17.3 Å². The van der Waals surface area contributed by atoms with Crippen LogP contribution in [0.25, 0.3) is 0 Å². The lowest BCUT2D eigenvalue weighted by atomic mass is 10.1. The van der Waals surface area contributed by atoms with Gasteiger partial charge in [0, 0.05) is 5.02 Å². The van der Waals surface area contributed by atoms with Gasteiger partial charge in [-0.1, -0.05) is 23.7 Å². The second kappa shape index (κ2) is 7.25. The molecular formula is C19H19ClN2O4. The van der Waals surface area contributed by atoms with E-state index >= 15 is 0 Å². The Morgan fingerprint density at radius 3 is 2.77 bits per heavy atom. The van der Waals surface area contributed by atoms with Crippen LogP contribution in [-0.2, 0) is 9.59 Å². The summed E-state index contributed by atoms with van der Waals surface area (Å²) in [5.74, 6) is 0.405. The van der Waals surface area contributed by atoms with Crippen LogP contribution in [0.3, 0.4) is 0 Å². The number of anilines is 2. The number of ether oxygens (including phenoxy) is 2. The summed E-state index contributed by atoms with van der Waals surface area (Å²) in [5.41, 5.74) is 1.01. The number of halogens is 1. The average Bonchev–Trinajstić information content (AvgIpc) is 2.63. The number of carbonyl (C=O) groups excluding carboxylic acids is 2. The third kappa shape index (κ3) is 3.32. The van der Waals surface area contributed by atoms with Gasteiger partial charge in [0.25, 0.3) is 5.91 Å². The van der Waals surface area contributed by atoms with Crippen LogP contribution >= 0.6 is 11.6 Å². The summed E-state index contributed by atoms with van der Waals surface area (Å²) in [4.78, 5) is 26.9. The second-order valence-corrected chi connectivity index (χ2v) is 6.38. The zero-order valence-corrected chi connectivity index (χ0v) is 15.4. The van der Waals surface area contributed by atoms with E-state index in [9.17, 15) is 9.59 Å². The van der Waals surface area contributed by atoms with Crippen LogP contribution in [0, 0.1) is 0 Å². The van der Waals surface area contributed by atoms with Crippen LogP contribution < -0.4 is 19.7 Å². The fraction of sp³-hybridized carbons (Fsp3) is 0.263. The van der Waals surface area contributed by atoms with Crippen molar-refractivity contribution in [1.29, 1.82) is 0 Å². The summed E-state index contributed by atoms with van der Waals surface area (Å²) >= 11 is 6.07. The first kappa shape index (κ1) is 18.1. The number of hydrogen-bond acceptors (Lipinski definition) is 4. The van der Waals surface area contributed by atoms with Crippen LogP contribution in [0.5, 0.6) is 11.5 Å². The molecule has 2 aromatic rings. The van der Waals surface area contributed by atoms with Gasteiger partial charge in [-0.3, -0.25) is 14.5 Å². The summed E-state index contributed by atoms with van der Waals surface area (Å²) in [6, 6.07) is 11.3. The first-order valence-electron chi connectivity index (χ1n) is 8.15. The molecule has 2 unspecified atom stereocenters. The lowest BCUT2D eigenvalue weighted by molar-refractivity contribution is -0.128. The predicted octanol–water partition coefficient (Wildman–Crippen LogP) is 3.49. The molecule has 0 aromatic heterocycles. The summed E-state index contributed by atoms with van der Waals surface area (Å²) in [6.07, 6.45) is -0.690. The number of rotatable bonds is 4. The quantitative estimate of drug-likeness (QED) is 0.889. The van der Waals surface area contributed by atoms with Gasteiger partial charge in [0.05, 0.1) is 18.5 Å². The number of hydrogen-bond donors (Lipinski definition) is 1. The van der Waals surface area contributed by atoms with Gasteiger partial charge >= 0.3 is 0 Å². The summed E-state index contributed by atoms with van der Waals surface area (Å²) in [6.45, 7) is 3.31. The highest BCUT2D eigenvalue weighted by atomic mass is 35.5. The molecular weight excluding hydrogens is 356 g/mol. The van der Waals surface area contributed by atoms with Gasteiger partial charge in [0.15, 0.2) is 6.10 Å². The molecule has 3 rings (SSSR count). The van der Waals surface area contributed by atoms with E-state index in [2.05, 4.69) is 5.32 Å². The van der Waals surface area contributed by atoms with Crippen LogP contribution in [0.2, 0.25) is 5.02 Å². The number of fused-ring (bicyclic) bond motifs is 1. The highest BCUT2D eigenvalue weighted by Gasteiger charge is 2.37. The van der Waals surface area contributed by atoms with Gasteiger partial charge < -0.3 is 14.8 Å². The molecule has 1 N–H and O–H groups in total. The number of para-hydroxylation sites is 2. The Kier molecular flexibility index (Phi) is 5.04. The van der Waals surface area contributed by atoms with E-state index in [1.165, 1.54) is 12.0 Å². The Morgan fingerprint density at radius 2 is 2.04 bits per heavy atom. The molecule has 0 bridgehead atoms. The molecule has 136 valence electrons. The van der Waals surface area contributed by atoms with Gasteiger partial charge in [-0.25, -0.2) is 0 Å². The standard InChI is InChI=1S/C19H19ClN2O4/c1-11(18(23)21-14-6-4-5-7-16(14)25-3)22-15-10-13(20)8-9-17(15)26-12(2)19(22)24/h4-12H,1-3H3,(H,21,23). The SMILES string of the molecule is COc1ccccc1NC(=O)C(C)N1C(=O)C(C)Oc2ccc(Cl)cc21. The minimum atomic E-state index is -0.768. The largest absolute Gasteiger partial charge is 0.495 e. The lowest BCUT2D eigenvalue weighted by Gasteiger charge is -2.36. The molecule has 2 aromatic carbocycles. The molecule has 0 saturated carbocycles. The van der Waals surface area contributed by atoms with Crippen molar-refractivity contribution in [3.8, 4) is 11.5 Å². The maximum Gasteiger partial charge on any atom is 0.268 e. The van der Waals surface area contributed by atoms with E-state index in [0.717, 1.165) is 0 Å². The van der Waals surface area contributed by atoms with Crippen molar-refractivity contribution in [2.24, 2.45) is 0 Å². The van der Waals surface area contributed by atoms with Crippen molar-refractivity contribution < 1.29 is 19.1 Å². The van der Waals surface area contributed by atoms with E-state index < -0.39 is 12.1 Å². The molecule has 0 aliphatic carbocycles. The number of nitrogens with one attached hydrogen (secondary N) is 1. The summed E-state index contributed by atoms with van der Waals surface area (Å²) < 4.78 is 10.9. The van der Waals surface area contributed by atoms with E-state index in [1.54, 1.807) is 50.2 Å². The lowest BCUT2D eigenvalue weighted by Crippen LogP contribution is -2.52. The van der Waals surface area contributed by atoms with E-state index in [0.29, 0.717) is 27.9 Å². The fourth-order valence-electron chi connectivity index (χ4n) is 2.84. The van der Waals surface area contributed by atoms with Gasteiger partial charge in [-0.2, -0.15) is 0 Å². The maximum atomic E-state index is 12.8. The fourth-order valence-corrected chi connectivity index (χ4v) is 3.00. The van der Waals surface area contributed by atoms with Crippen molar-refractivity contribution in [1.82, 2.24) is 0 Å². The highest BCUT2D eigenvalue weighted by Crippen LogP contribution is 2.37. The monoisotopic (exact) mass is 374 g/mol. The third-order valence-electron chi connectivity index (χ3n) is 4.20. The van der Waals surface area contributed by atoms with Gasteiger partial charge in [-0.05, 0) is 44.2 Å². The zero-order chi connectivity index (χ0) is 18.8. The van der Waals surface area contributed by atoms with E-state index in [-0.39, 0.29) is 11.8 Å². The Labute approximate surface area is 156 Å². The van der Waals surface area contributed by atoms with E-state index in [4.69, 9.17) is 21.1 Å². The van der Waals surface area contributed by atoms with Gasteiger partial charge in [0.1, 0.15) is 17.5 Å². The van der Waals surface area contributed by atoms with Crippen molar-refractivity contribution in [3.05, 3.63) is 47.5 Å². The van der Waals surface area contributed by atoms with Crippen molar-refractivity contribution in [2.45, 2.75) is 26.0 Å². The Bertz CT molecular complexity index is 855. The third-order valence-corrected chi connectivity index (χ3v) is 4.44. The molecule has 1 aliphatic rings. The minimum Gasteiger partial charge on any atom is -0.495 e. The van der Waals surface area contributed by atoms with Crippen LogP contribution in [-0.4, -0.2) is 31.1 Å². The minimum absolute atomic E-state index is 0.303. The predicted molar refractivity (Wildman–Crippen MR) is 100 cm³/mol. The molecule has 7 heteroatoms. The topological polar surface area (TPSA) is 67.9 Å². The molecule has 0 radical (unpaired) electrons. The first-order chi connectivity index (χ1) is 12.4. The summed E-state index contributed by atoms with van der Waals surface area (Å²) in [5, 5.41) is 3.26. The normalized spacial score (nSPS) is 17.2. The molecule has 6 nitrogen and oxygen atoms in total. The highest BCUT2D eigenvalue weighted by molar-refractivity contribution is 6.31. The molecule has 0 spiro atoms. The molecule has 1 heterocycles. The van der Waals surface area contributed by atoms with Crippen LogP contribution in [0.15, 0.2) is 42.5 Å². The molecule has 2 amide bonds. The van der Waals surface area contributed by atoms with E-state index in [1.807, 2.05) is 6.07 Å². The Balaban J connectivity index is 1.91. The number of carbonyl (C=O) groups is 2. The van der Waals surface area contributed by atoms with Crippen LogP contribution in [0.1, 0.15) is 13.8 Å². The van der Waals surface area contributed by atoms with Crippen LogP contribution in [0.4, 0.5) is 11.4 Å². The Morgan fingerprint density at radius 1 is 1.31 bits per heavy atom. The number of benzene rings is 2. The molecule has 26 heavy (non-hydrogen) atoms. The Hall–Kier alpha value is -2.73. The number of nitrogens with zero attached hydrogens (tertiary/aromatic N) is 1. The van der Waals surface area contributed by atoms with Crippen molar-refractivity contribution >= 4 is 34.8 Å². The van der Waals surface area contributed by atoms with Gasteiger partial charge in [-0.15, -0.1) is 0 Å². The molecule has 2 atom stereocenters. The molecule has 0 saturated heterocycles. The molecule has 1 aliphatic heterocycles. The van der Waals surface area contributed by atoms with Gasteiger partial charge in [0.2, 0.25) is 5.91 Å². The number of amides is 2. The maximum absolute atomic E-state index is 12.8. The van der Waals surface area contributed by atoms with Crippen molar-refractivity contribution in [3.63, 3.8) is 0 Å².